The molecule has 6 N–H and O–H groups in total. The molecule has 0 bridgehead atoms. The van der Waals surface area contributed by atoms with Crippen LogP contribution >= 0.6 is 0 Å². The average molecular weight is 372 g/mol. The number of sulfonamides is 1. The lowest BCUT2D eigenvalue weighted by Crippen LogP contribution is -2.52. The minimum atomic E-state index is -3.83. The first-order valence-electron chi connectivity index (χ1n) is 7.17. The summed E-state index contributed by atoms with van der Waals surface area (Å²) in [5.74, 6) is -1.91. The standard InChI is InChI=1S/C14H20N4O6S/c1-8(13(20)18-22)16-14(21)12(17-9(2)19)7-10-3-5-11(6-4-10)25(15,23)24/h3-6,8,12,22H,7H2,1-2H3,(H,16,21)(H,17,19)(H,18,20)(H2,15,23,24)/t8-,12+/m1/s1. The first kappa shape index (κ1) is 20.5. The molecule has 0 heterocycles. The van der Waals surface area contributed by atoms with Crippen LogP contribution in [0.4, 0.5) is 0 Å². The molecule has 10 nitrogen and oxygen atoms in total. The van der Waals surface area contributed by atoms with Crippen LogP contribution in [0.25, 0.3) is 0 Å². The summed E-state index contributed by atoms with van der Waals surface area (Å²) in [5.41, 5.74) is 1.98. The van der Waals surface area contributed by atoms with Gasteiger partial charge in [-0.15, -0.1) is 0 Å². The van der Waals surface area contributed by atoms with Gasteiger partial charge in [0.1, 0.15) is 12.1 Å². The summed E-state index contributed by atoms with van der Waals surface area (Å²) < 4.78 is 22.5. The topological polar surface area (TPSA) is 168 Å². The van der Waals surface area contributed by atoms with Gasteiger partial charge in [0.2, 0.25) is 21.8 Å². The van der Waals surface area contributed by atoms with E-state index in [1.807, 2.05) is 0 Å². The molecule has 11 heteroatoms. The monoisotopic (exact) mass is 372 g/mol. The normalized spacial score (nSPS) is 13.4. The molecule has 1 rings (SSSR count). The van der Waals surface area contributed by atoms with E-state index in [2.05, 4.69) is 10.6 Å². The lowest BCUT2D eigenvalue weighted by atomic mass is 10.0. The molecule has 0 aliphatic heterocycles. The number of rotatable bonds is 7. The number of benzene rings is 1. The Morgan fingerprint density at radius 2 is 1.68 bits per heavy atom. The number of hydrogen-bond acceptors (Lipinski definition) is 6. The molecule has 0 spiro atoms. The van der Waals surface area contributed by atoms with Gasteiger partial charge in [-0.3, -0.25) is 19.6 Å². The molecule has 1 aromatic rings. The predicted molar refractivity (Wildman–Crippen MR) is 86.7 cm³/mol. The van der Waals surface area contributed by atoms with Gasteiger partial charge in [-0.25, -0.2) is 19.0 Å². The number of carbonyl (C=O) groups excluding carboxylic acids is 3. The molecular weight excluding hydrogens is 352 g/mol. The van der Waals surface area contributed by atoms with Crippen molar-refractivity contribution in [1.82, 2.24) is 16.1 Å². The molecule has 1 aromatic carbocycles. The van der Waals surface area contributed by atoms with Crippen molar-refractivity contribution in [2.75, 3.05) is 0 Å². The maximum Gasteiger partial charge on any atom is 0.265 e. The third-order valence-electron chi connectivity index (χ3n) is 3.25. The summed E-state index contributed by atoms with van der Waals surface area (Å²) in [4.78, 5) is 34.7. The van der Waals surface area contributed by atoms with Crippen molar-refractivity contribution in [1.29, 1.82) is 0 Å². The highest BCUT2D eigenvalue weighted by molar-refractivity contribution is 7.89. The molecular formula is C14H20N4O6S. The van der Waals surface area contributed by atoms with Gasteiger partial charge in [0, 0.05) is 13.3 Å². The van der Waals surface area contributed by atoms with Gasteiger partial charge in [0.15, 0.2) is 0 Å². The molecule has 0 aliphatic rings. The van der Waals surface area contributed by atoms with Crippen LogP contribution in [-0.4, -0.2) is 43.4 Å². The van der Waals surface area contributed by atoms with Gasteiger partial charge in [0.05, 0.1) is 4.90 Å². The Labute approximate surface area is 144 Å². The molecule has 0 saturated heterocycles. The molecule has 0 unspecified atom stereocenters. The van der Waals surface area contributed by atoms with Crippen molar-refractivity contribution in [2.45, 2.75) is 37.2 Å². The van der Waals surface area contributed by atoms with Crippen LogP contribution in [0.5, 0.6) is 0 Å². The molecule has 0 radical (unpaired) electrons. The van der Waals surface area contributed by atoms with Crippen molar-refractivity contribution >= 4 is 27.7 Å². The van der Waals surface area contributed by atoms with Gasteiger partial charge in [0.25, 0.3) is 5.91 Å². The Morgan fingerprint density at radius 3 is 2.12 bits per heavy atom. The van der Waals surface area contributed by atoms with Crippen molar-refractivity contribution in [3.8, 4) is 0 Å². The van der Waals surface area contributed by atoms with E-state index in [1.165, 1.54) is 43.6 Å². The van der Waals surface area contributed by atoms with Gasteiger partial charge >= 0.3 is 0 Å². The Morgan fingerprint density at radius 1 is 1.12 bits per heavy atom. The molecule has 138 valence electrons. The molecule has 2 atom stereocenters. The van der Waals surface area contributed by atoms with Gasteiger partial charge in [-0.2, -0.15) is 0 Å². The third kappa shape index (κ3) is 6.49. The van der Waals surface area contributed by atoms with E-state index in [0.29, 0.717) is 5.56 Å². The first-order valence-corrected chi connectivity index (χ1v) is 8.72. The minimum absolute atomic E-state index is 0.0593. The summed E-state index contributed by atoms with van der Waals surface area (Å²) in [7, 11) is -3.83. The van der Waals surface area contributed by atoms with Gasteiger partial charge in [-0.1, -0.05) is 12.1 Å². The Bertz CT molecular complexity index is 747. The molecule has 25 heavy (non-hydrogen) atoms. The van der Waals surface area contributed by atoms with Crippen LogP contribution in [0, 0.1) is 0 Å². The fraction of sp³-hybridized carbons (Fsp3) is 0.357. The Hall–Kier alpha value is -2.50. The van der Waals surface area contributed by atoms with Crippen molar-refractivity contribution in [3.05, 3.63) is 29.8 Å². The first-order chi connectivity index (χ1) is 11.5. The zero-order valence-corrected chi connectivity index (χ0v) is 14.5. The highest BCUT2D eigenvalue weighted by Gasteiger charge is 2.24. The molecule has 0 saturated carbocycles. The summed E-state index contributed by atoms with van der Waals surface area (Å²) in [6, 6.07) is 3.49. The number of nitrogens with one attached hydrogen (secondary N) is 3. The fourth-order valence-electron chi connectivity index (χ4n) is 1.98. The minimum Gasteiger partial charge on any atom is -0.344 e. The van der Waals surface area contributed by atoms with Crippen LogP contribution in [0.1, 0.15) is 19.4 Å². The highest BCUT2D eigenvalue weighted by atomic mass is 32.2. The maximum absolute atomic E-state index is 12.2. The van der Waals surface area contributed by atoms with Gasteiger partial charge in [-0.05, 0) is 24.6 Å². The molecule has 0 fully saturated rings. The van der Waals surface area contributed by atoms with Crippen LogP contribution in [-0.2, 0) is 30.8 Å². The number of hydroxylamine groups is 1. The van der Waals surface area contributed by atoms with Crippen molar-refractivity contribution in [2.24, 2.45) is 5.14 Å². The van der Waals surface area contributed by atoms with Crippen LogP contribution in [0.3, 0.4) is 0 Å². The second kappa shape index (κ2) is 8.55. The van der Waals surface area contributed by atoms with Crippen LogP contribution < -0.4 is 21.3 Å². The summed E-state index contributed by atoms with van der Waals surface area (Å²) >= 11 is 0. The van der Waals surface area contributed by atoms with E-state index in [0.717, 1.165) is 0 Å². The van der Waals surface area contributed by atoms with E-state index in [9.17, 15) is 22.8 Å². The number of hydrogen-bond donors (Lipinski definition) is 5. The smallest absolute Gasteiger partial charge is 0.265 e. The molecule has 0 aliphatic carbocycles. The second-order valence-electron chi connectivity index (χ2n) is 5.35. The predicted octanol–water partition coefficient (Wildman–Crippen LogP) is -1.61. The summed E-state index contributed by atoms with van der Waals surface area (Å²) in [6.07, 6.45) is 0.0593. The largest absolute Gasteiger partial charge is 0.344 e. The third-order valence-corrected chi connectivity index (χ3v) is 4.18. The van der Waals surface area contributed by atoms with E-state index in [1.54, 1.807) is 0 Å². The van der Waals surface area contributed by atoms with E-state index in [-0.39, 0.29) is 11.3 Å². The quantitative estimate of drug-likeness (QED) is 0.285. The lowest BCUT2D eigenvalue weighted by Gasteiger charge is -2.20. The maximum atomic E-state index is 12.2. The lowest BCUT2D eigenvalue weighted by molar-refractivity contribution is -0.135. The van der Waals surface area contributed by atoms with E-state index >= 15 is 0 Å². The molecule has 3 amide bonds. The van der Waals surface area contributed by atoms with Crippen LogP contribution in [0.15, 0.2) is 29.2 Å². The van der Waals surface area contributed by atoms with Crippen molar-refractivity contribution < 1.29 is 28.0 Å². The number of amides is 3. The zero-order chi connectivity index (χ0) is 19.2. The number of primary sulfonamides is 1. The van der Waals surface area contributed by atoms with Crippen molar-refractivity contribution in [3.63, 3.8) is 0 Å². The fourth-order valence-corrected chi connectivity index (χ4v) is 2.50. The summed E-state index contributed by atoms with van der Waals surface area (Å²) in [5, 5.41) is 18.4. The highest BCUT2D eigenvalue weighted by Crippen LogP contribution is 2.11. The number of nitrogens with two attached hydrogens (primary N) is 1. The Balaban J connectivity index is 2.90. The van der Waals surface area contributed by atoms with Gasteiger partial charge < -0.3 is 10.6 Å². The zero-order valence-electron chi connectivity index (χ0n) is 13.6. The average Bonchev–Trinajstić information content (AvgIpc) is 2.52. The second-order valence-corrected chi connectivity index (χ2v) is 6.91. The molecule has 0 aromatic heterocycles. The SMILES string of the molecule is CC(=O)N[C@@H](Cc1ccc(S(N)(=O)=O)cc1)C(=O)N[C@H](C)C(=O)NO. The Kier molecular flexibility index (Phi) is 7.03. The van der Waals surface area contributed by atoms with E-state index in [4.69, 9.17) is 10.3 Å². The number of carbonyl (C=O) groups is 3. The van der Waals surface area contributed by atoms with E-state index < -0.39 is 39.8 Å². The summed E-state index contributed by atoms with van der Waals surface area (Å²) in [6.45, 7) is 2.59. The van der Waals surface area contributed by atoms with Crippen LogP contribution in [0.2, 0.25) is 0 Å².